The van der Waals surface area contributed by atoms with Crippen molar-refractivity contribution in [3.05, 3.63) is 0 Å². The van der Waals surface area contributed by atoms with Gasteiger partial charge in [-0.05, 0) is 6.92 Å². The van der Waals surface area contributed by atoms with Crippen LogP contribution in [0.15, 0.2) is 0 Å². The molecule has 4 atom stereocenters. The third-order valence-corrected chi connectivity index (χ3v) is 3.41. The molecule has 2 heterocycles. The van der Waals surface area contributed by atoms with E-state index >= 15 is 0 Å². The first-order valence-corrected chi connectivity index (χ1v) is 5.66. The van der Waals surface area contributed by atoms with Crippen LogP contribution in [0.5, 0.6) is 0 Å². The lowest BCUT2D eigenvalue weighted by atomic mass is 10.0. The second-order valence-electron chi connectivity index (χ2n) is 4.58. The summed E-state index contributed by atoms with van der Waals surface area (Å²) in [5.41, 5.74) is -1.46. The number of hydrogen-bond donors (Lipinski definition) is 4. The van der Waals surface area contributed by atoms with E-state index in [2.05, 4.69) is 5.32 Å². The van der Waals surface area contributed by atoms with E-state index in [-0.39, 0.29) is 13.0 Å². The lowest BCUT2D eigenvalue weighted by molar-refractivity contribution is -0.161. The van der Waals surface area contributed by atoms with Crippen LogP contribution in [-0.2, 0) is 9.53 Å². The molecule has 2 saturated heterocycles. The average molecular weight is 260 g/mol. The molecule has 8 heteroatoms. The lowest BCUT2D eigenvalue weighted by Gasteiger charge is -2.41. The number of urea groups is 1. The van der Waals surface area contributed by atoms with Crippen LogP contribution in [0.4, 0.5) is 4.79 Å². The normalized spacial score (nSPS) is 41.1. The zero-order valence-corrected chi connectivity index (χ0v) is 9.87. The molecule has 3 amide bonds. The number of carbonyl (C=O) groups is 2. The highest BCUT2D eigenvalue weighted by molar-refractivity contribution is 5.96. The van der Waals surface area contributed by atoms with Crippen molar-refractivity contribution in [2.45, 2.75) is 37.4 Å². The first-order valence-electron chi connectivity index (χ1n) is 5.66. The van der Waals surface area contributed by atoms with Gasteiger partial charge in [0, 0.05) is 13.0 Å². The molecule has 0 unspecified atom stereocenters. The van der Waals surface area contributed by atoms with Gasteiger partial charge in [-0.15, -0.1) is 0 Å². The minimum atomic E-state index is -1.46. The Hall–Kier alpha value is -1.22. The maximum Gasteiger partial charge on any atom is 0.326 e. The Morgan fingerprint density at radius 2 is 2.17 bits per heavy atom. The summed E-state index contributed by atoms with van der Waals surface area (Å²) < 4.78 is 5.37. The van der Waals surface area contributed by atoms with Crippen molar-refractivity contribution in [1.29, 1.82) is 0 Å². The number of amides is 3. The SMILES string of the molecule is C[C@@]1(N2CCC(=O)NC2=O)O[C@H](CO)[C@@H](O)[C@H]1O. The van der Waals surface area contributed by atoms with Gasteiger partial charge in [-0.2, -0.15) is 0 Å². The number of imide groups is 1. The van der Waals surface area contributed by atoms with Gasteiger partial charge in [-0.3, -0.25) is 15.0 Å². The number of aliphatic hydroxyl groups is 3. The second-order valence-corrected chi connectivity index (χ2v) is 4.58. The number of rotatable bonds is 2. The summed E-state index contributed by atoms with van der Waals surface area (Å²) in [6.45, 7) is 1.05. The van der Waals surface area contributed by atoms with E-state index in [9.17, 15) is 19.8 Å². The highest BCUT2D eigenvalue weighted by Gasteiger charge is 2.56. The Morgan fingerprint density at radius 3 is 2.67 bits per heavy atom. The zero-order valence-electron chi connectivity index (χ0n) is 9.87. The fraction of sp³-hybridized carbons (Fsp3) is 0.800. The molecule has 0 spiro atoms. The number of ether oxygens (including phenoxy) is 1. The molecule has 2 aliphatic rings. The van der Waals surface area contributed by atoms with Gasteiger partial charge in [0.2, 0.25) is 5.91 Å². The van der Waals surface area contributed by atoms with Crippen LogP contribution >= 0.6 is 0 Å². The summed E-state index contributed by atoms with van der Waals surface area (Å²) in [6.07, 6.45) is -3.51. The van der Waals surface area contributed by atoms with Gasteiger partial charge in [0.05, 0.1) is 6.61 Å². The first kappa shape index (κ1) is 13.2. The van der Waals surface area contributed by atoms with Crippen LogP contribution in [-0.4, -0.2) is 69.3 Å². The zero-order chi connectivity index (χ0) is 13.5. The molecule has 0 aromatic rings. The van der Waals surface area contributed by atoms with E-state index in [1.54, 1.807) is 0 Å². The molecule has 0 saturated carbocycles. The Kier molecular flexibility index (Phi) is 3.28. The molecule has 102 valence electrons. The van der Waals surface area contributed by atoms with Crippen LogP contribution in [0.25, 0.3) is 0 Å². The number of carbonyl (C=O) groups excluding carboxylic acids is 2. The Morgan fingerprint density at radius 1 is 1.50 bits per heavy atom. The van der Waals surface area contributed by atoms with Crippen LogP contribution in [0.1, 0.15) is 13.3 Å². The highest BCUT2D eigenvalue weighted by atomic mass is 16.6. The molecule has 4 N–H and O–H groups in total. The minimum Gasteiger partial charge on any atom is -0.394 e. The summed E-state index contributed by atoms with van der Waals surface area (Å²) in [6, 6.07) is -0.682. The molecule has 0 radical (unpaired) electrons. The molecule has 18 heavy (non-hydrogen) atoms. The molecule has 8 nitrogen and oxygen atoms in total. The molecule has 0 aromatic heterocycles. The summed E-state index contributed by atoms with van der Waals surface area (Å²) in [5, 5.41) is 30.8. The molecular formula is C10H16N2O6. The number of aliphatic hydroxyl groups excluding tert-OH is 3. The third-order valence-electron chi connectivity index (χ3n) is 3.41. The van der Waals surface area contributed by atoms with Gasteiger partial charge in [0.1, 0.15) is 18.3 Å². The minimum absolute atomic E-state index is 0.0864. The lowest BCUT2D eigenvalue weighted by Crippen LogP contribution is -2.63. The van der Waals surface area contributed by atoms with E-state index in [4.69, 9.17) is 9.84 Å². The van der Waals surface area contributed by atoms with Crippen molar-refractivity contribution >= 4 is 11.9 Å². The maximum atomic E-state index is 11.7. The van der Waals surface area contributed by atoms with Gasteiger partial charge in [0.15, 0.2) is 5.72 Å². The standard InChI is InChI=1S/C10H16N2O6/c1-10(8(16)7(15)5(4-13)18-10)12-3-2-6(14)11-9(12)17/h5,7-8,13,15-16H,2-4H2,1H3,(H,11,14,17)/t5-,7-,8-,10-/m1/s1. The van der Waals surface area contributed by atoms with Gasteiger partial charge in [0.25, 0.3) is 0 Å². The van der Waals surface area contributed by atoms with Crippen LogP contribution in [0, 0.1) is 0 Å². The van der Waals surface area contributed by atoms with E-state index in [1.165, 1.54) is 6.92 Å². The van der Waals surface area contributed by atoms with Crippen molar-refractivity contribution in [3.63, 3.8) is 0 Å². The molecule has 2 aliphatic heterocycles. The predicted molar refractivity (Wildman–Crippen MR) is 57.2 cm³/mol. The topological polar surface area (TPSA) is 119 Å². The molecule has 0 bridgehead atoms. The molecule has 0 aromatic carbocycles. The highest BCUT2D eigenvalue weighted by Crippen LogP contribution is 2.34. The van der Waals surface area contributed by atoms with Crippen molar-refractivity contribution in [2.24, 2.45) is 0 Å². The van der Waals surface area contributed by atoms with Crippen molar-refractivity contribution in [2.75, 3.05) is 13.2 Å². The largest absolute Gasteiger partial charge is 0.394 e. The summed E-state index contributed by atoms with van der Waals surface area (Å²) >= 11 is 0. The average Bonchev–Trinajstić information content (AvgIpc) is 2.54. The van der Waals surface area contributed by atoms with E-state index < -0.39 is 42.6 Å². The summed E-state index contributed by atoms with van der Waals surface area (Å²) in [7, 11) is 0. The molecular weight excluding hydrogens is 244 g/mol. The summed E-state index contributed by atoms with van der Waals surface area (Å²) in [4.78, 5) is 23.9. The molecule has 2 fully saturated rings. The third kappa shape index (κ3) is 1.87. The first-order chi connectivity index (χ1) is 8.40. The van der Waals surface area contributed by atoms with Gasteiger partial charge in [-0.1, -0.05) is 0 Å². The van der Waals surface area contributed by atoms with Crippen molar-refractivity contribution < 1.29 is 29.6 Å². The van der Waals surface area contributed by atoms with Crippen LogP contribution < -0.4 is 5.32 Å². The number of nitrogens with zero attached hydrogens (tertiary/aromatic N) is 1. The molecule has 2 rings (SSSR count). The van der Waals surface area contributed by atoms with Gasteiger partial charge >= 0.3 is 6.03 Å². The Bertz CT molecular complexity index is 375. The van der Waals surface area contributed by atoms with E-state index in [0.29, 0.717) is 0 Å². The van der Waals surface area contributed by atoms with Gasteiger partial charge < -0.3 is 20.1 Å². The van der Waals surface area contributed by atoms with E-state index in [0.717, 1.165) is 4.90 Å². The fourth-order valence-corrected chi connectivity index (χ4v) is 2.32. The second kappa shape index (κ2) is 4.47. The molecule has 0 aliphatic carbocycles. The monoisotopic (exact) mass is 260 g/mol. The smallest absolute Gasteiger partial charge is 0.326 e. The van der Waals surface area contributed by atoms with Crippen LogP contribution in [0.2, 0.25) is 0 Å². The summed E-state index contributed by atoms with van der Waals surface area (Å²) in [5.74, 6) is -0.397. The van der Waals surface area contributed by atoms with E-state index in [1.807, 2.05) is 0 Å². The Labute approximate surface area is 103 Å². The predicted octanol–water partition coefficient (Wildman–Crippen LogP) is -2.24. The number of hydrogen-bond acceptors (Lipinski definition) is 6. The Balaban J connectivity index is 2.21. The van der Waals surface area contributed by atoms with Crippen molar-refractivity contribution in [1.82, 2.24) is 10.2 Å². The van der Waals surface area contributed by atoms with Crippen molar-refractivity contribution in [3.8, 4) is 0 Å². The quantitative estimate of drug-likeness (QED) is 0.445. The number of nitrogens with one attached hydrogen (secondary N) is 1. The fourth-order valence-electron chi connectivity index (χ4n) is 2.32. The van der Waals surface area contributed by atoms with Gasteiger partial charge in [-0.25, -0.2) is 4.79 Å². The van der Waals surface area contributed by atoms with Crippen LogP contribution in [0.3, 0.4) is 0 Å². The maximum absolute atomic E-state index is 11.7.